The standard InChI is InChI=1S/C9H8N2OS/c12-9(13)11-7-1-2-8-6(5-7)3-4-10-8/h1-5,10H,(H2,11,12,13). The molecule has 0 spiro atoms. The number of aromatic amines is 1. The number of aromatic nitrogens is 1. The zero-order valence-electron chi connectivity index (χ0n) is 6.74. The van der Waals surface area contributed by atoms with Gasteiger partial charge in [0, 0.05) is 22.8 Å². The fraction of sp³-hybridized carbons (Fsp3) is 0. The summed E-state index contributed by atoms with van der Waals surface area (Å²) >= 11 is 3.63. The smallest absolute Gasteiger partial charge is 0.280 e. The minimum atomic E-state index is -0.352. The van der Waals surface area contributed by atoms with Crippen LogP contribution in [-0.4, -0.2) is 10.2 Å². The number of nitrogens with one attached hydrogen (secondary N) is 2. The van der Waals surface area contributed by atoms with E-state index in [1.165, 1.54) is 0 Å². The van der Waals surface area contributed by atoms with Crippen LogP contribution in [0.25, 0.3) is 10.9 Å². The lowest BCUT2D eigenvalue weighted by atomic mass is 10.2. The van der Waals surface area contributed by atoms with E-state index in [2.05, 4.69) is 22.9 Å². The molecule has 0 atom stereocenters. The second kappa shape index (κ2) is 3.14. The van der Waals surface area contributed by atoms with Gasteiger partial charge in [0.15, 0.2) is 0 Å². The molecule has 0 fully saturated rings. The summed E-state index contributed by atoms with van der Waals surface area (Å²) in [6, 6.07) is 7.57. The molecule has 1 aromatic carbocycles. The molecule has 4 heteroatoms. The molecule has 13 heavy (non-hydrogen) atoms. The van der Waals surface area contributed by atoms with Crippen molar-refractivity contribution in [2.45, 2.75) is 0 Å². The molecule has 1 amide bonds. The van der Waals surface area contributed by atoms with Crippen LogP contribution in [0.15, 0.2) is 30.5 Å². The van der Waals surface area contributed by atoms with Gasteiger partial charge in [-0.3, -0.25) is 4.79 Å². The number of H-pyrrole nitrogens is 1. The van der Waals surface area contributed by atoms with Crippen LogP contribution in [0, 0.1) is 0 Å². The second-order valence-electron chi connectivity index (χ2n) is 2.71. The molecule has 2 aromatic rings. The third-order valence-electron chi connectivity index (χ3n) is 1.80. The van der Waals surface area contributed by atoms with Crippen LogP contribution in [0.3, 0.4) is 0 Å². The first kappa shape index (κ1) is 8.19. The van der Waals surface area contributed by atoms with Gasteiger partial charge < -0.3 is 10.3 Å². The number of anilines is 1. The summed E-state index contributed by atoms with van der Waals surface area (Å²) in [7, 11) is 0. The van der Waals surface area contributed by atoms with Gasteiger partial charge in [-0.25, -0.2) is 0 Å². The Morgan fingerprint density at radius 3 is 3.00 bits per heavy atom. The number of hydrogen-bond acceptors (Lipinski definition) is 1. The Labute approximate surface area is 80.6 Å². The van der Waals surface area contributed by atoms with E-state index in [4.69, 9.17) is 0 Å². The lowest BCUT2D eigenvalue weighted by molar-refractivity contribution is 0.270. The molecule has 0 aliphatic carbocycles. The first-order valence-corrected chi connectivity index (χ1v) is 4.27. The van der Waals surface area contributed by atoms with Crippen molar-refractivity contribution >= 4 is 34.5 Å². The molecule has 1 aromatic heterocycles. The van der Waals surface area contributed by atoms with E-state index in [0.717, 1.165) is 16.6 Å². The van der Waals surface area contributed by atoms with Crippen LogP contribution in [0.1, 0.15) is 0 Å². The van der Waals surface area contributed by atoms with Crippen LogP contribution in [0.2, 0.25) is 0 Å². The highest BCUT2D eigenvalue weighted by molar-refractivity contribution is 7.96. The minimum Gasteiger partial charge on any atom is -0.361 e. The maximum Gasteiger partial charge on any atom is 0.280 e. The number of rotatable bonds is 1. The number of carbonyl (C=O) groups excluding carboxylic acids is 1. The van der Waals surface area contributed by atoms with Gasteiger partial charge >= 0.3 is 0 Å². The maximum absolute atomic E-state index is 10.6. The summed E-state index contributed by atoms with van der Waals surface area (Å²) in [5.41, 5.74) is 1.81. The van der Waals surface area contributed by atoms with E-state index in [-0.39, 0.29) is 5.24 Å². The predicted molar refractivity (Wildman–Crippen MR) is 56.3 cm³/mol. The van der Waals surface area contributed by atoms with Crippen LogP contribution >= 0.6 is 12.6 Å². The largest absolute Gasteiger partial charge is 0.361 e. The van der Waals surface area contributed by atoms with E-state index >= 15 is 0 Å². The highest BCUT2D eigenvalue weighted by Gasteiger charge is 1.98. The number of carbonyl (C=O) groups is 1. The van der Waals surface area contributed by atoms with Gasteiger partial charge in [0.1, 0.15) is 0 Å². The molecule has 0 bridgehead atoms. The van der Waals surface area contributed by atoms with Gasteiger partial charge in [0.25, 0.3) is 5.24 Å². The van der Waals surface area contributed by atoms with Crippen molar-refractivity contribution in [3.05, 3.63) is 30.5 Å². The molecule has 2 N–H and O–H groups in total. The molecule has 1 heterocycles. The second-order valence-corrected chi connectivity index (χ2v) is 3.12. The molecule has 2 rings (SSSR count). The molecule has 0 radical (unpaired) electrons. The Kier molecular flexibility index (Phi) is 1.98. The first-order chi connectivity index (χ1) is 6.25. The van der Waals surface area contributed by atoms with Crippen molar-refractivity contribution in [3.63, 3.8) is 0 Å². The van der Waals surface area contributed by atoms with E-state index < -0.39 is 0 Å². The zero-order valence-corrected chi connectivity index (χ0v) is 7.64. The fourth-order valence-electron chi connectivity index (χ4n) is 1.25. The Bertz CT molecular complexity index is 450. The van der Waals surface area contributed by atoms with Crippen LogP contribution in [-0.2, 0) is 0 Å². The van der Waals surface area contributed by atoms with Crippen molar-refractivity contribution in [1.82, 2.24) is 4.98 Å². The third kappa shape index (κ3) is 1.67. The van der Waals surface area contributed by atoms with E-state index in [1.54, 1.807) is 0 Å². The van der Waals surface area contributed by atoms with Gasteiger partial charge in [-0.2, -0.15) is 0 Å². The third-order valence-corrected chi connectivity index (χ3v) is 1.92. The van der Waals surface area contributed by atoms with Crippen molar-refractivity contribution in [2.75, 3.05) is 5.32 Å². The van der Waals surface area contributed by atoms with Gasteiger partial charge in [-0.05, 0) is 24.3 Å². The van der Waals surface area contributed by atoms with Crippen molar-refractivity contribution < 1.29 is 4.79 Å². The molecule has 0 aliphatic heterocycles. The molecule has 0 saturated carbocycles. The fourth-order valence-corrected chi connectivity index (χ4v) is 1.38. The lowest BCUT2D eigenvalue weighted by Gasteiger charge is -2.00. The van der Waals surface area contributed by atoms with Crippen molar-refractivity contribution in [2.24, 2.45) is 0 Å². The van der Waals surface area contributed by atoms with E-state index in [0.29, 0.717) is 0 Å². The molecule has 66 valence electrons. The zero-order chi connectivity index (χ0) is 9.26. The minimum absolute atomic E-state index is 0.352. The first-order valence-electron chi connectivity index (χ1n) is 3.83. The Hall–Kier alpha value is -1.42. The van der Waals surface area contributed by atoms with Gasteiger partial charge in [0.05, 0.1) is 0 Å². The van der Waals surface area contributed by atoms with Crippen molar-refractivity contribution in [3.8, 4) is 0 Å². The van der Waals surface area contributed by atoms with Gasteiger partial charge in [-0.15, -0.1) is 0 Å². The maximum atomic E-state index is 10.6. The quantitative estimate of drug-likeness (QED) is 0.597. The molecule has 0 unspecified atom stereocenters. The highest BCUT2D eigenvalue weighted by Crippen LogP contribution is 2.17. The number of benzene rings is 1. The van der Waals surface area contributed by atoms with E-state index in [1.807, 2.05) is 30.5 Å². The van der Waals surface area contributed by atoms with Gasteiger partial charge in [-0.1, -0.05) is 12.6 Å². The Morgan fingerprint density at radius 2 is 2.23 bits per heavy atom. The Morgan fingerprint density at radius 1 is 1.38 bits per heavy atom. The normalized spacial score (nSPS) is 10.2. The topological polar surface area (TPSA) is 44.9 Å². The monoisotopic (exact) mass is 192 g/mol. The summed E-state index contributed by atoms with van der Waals surface area (Å²) < 4.78 is 0. The van der Waals surface area contributed by atoms with Crippen LogP contribution in [0.4, 0.5) is 10.5 Å². The molecular weight excluding hydrogens is 184 g/mol. The SMILES string of the molecule is O=C(S)Nc1ccc2[nH]ccc2c1. The average Bonchev–Trinajstić information content (AvgIpc) is 2.49. The van der Waals surface area contributed by atoms with Crippen LogP contribution < -0.4 is 5.32 Å². The number of thiol groups is 1. The number of hydrogen-bond donors (Lipinski definition) is 3. The predicted octanol–water partition coefficient (Wildman–Crippen LogP) is 2.63. The van der Waals surface area contributed by atoms with Crippen LogP contribution in [0.5, 0.6) is 0 Å². The molecular formula is C9H8N2OS. The lowest BCUT2D eigenvalue weighted by Crippen LogP contribution is -2.00. The molecule has 0 aliphatic rings. The summed E-state index contributed by atoms with van der Waals surface area (Å²) in [4.78, 5) is 13.7. The average molecular weight is 192 g/mol. The van der Waals surface area contributed by atoms with E-state index in [9.17, 15) is 4.79 Å². The summed E-state index contributed by atoms with van der Waals surface area (Å²) in [5.74, 6) is 0. The molecule has 0 saturated heterocycles. The van der Waals surface area contributed by atoms with Gasteiger partial charge in [0.2, 0.25) is 0 Å². The number of amides is 1. The summed E-state index contributed by atoms with van der Waals surface area (Å²) in [6.45, 7) is 0. The summed E-state index contributed by atoms with van der Waals surface area (Å²) in [6.07, 6.45) is 1.86. The number of fused-ring (bicyclic) bond motifs is 1. The Balaban J connectivity index is 2.42. The van der Waals surface area contributed by atoms with Crippen molar-refractivity contribution in [1.29, 1.82) is 0 Å². The summed E-state index contributed by atoms with van der Waals surface area (Å²) in [5, 5.41) is 3.32. The highest BCUT2D eigenvalue weighted by atomic mass is 32.1. The molecule has 3 nitrogen and oxygen atoms in total.